The molecule has 2 nitrogen and oxygen atoms in total. The van der Waals surface area contributed by atoms with Gasteiger partial charge in [0.05, 0.1) is 53.4 Å². The first kappa shape index (κ1) is 39.9. The molecule has 0 radical (unpaired) electrons. The first-order valence-corrected chi connectivity index (χ1v) is 18.8. The summed E-state index contributed by atoms with van der Waals surface area (Å²) in [6.07, 6.45) is 37.3. The molecule has 0 aliphatic carbocycles. The van der Waals surface area contributed by atoms with Crippen LogP contribution in [0.5, 0.6) is 0 Å². The lowest BCUT2D eigenvalue weighted by Crippen LogP contribution is -2.47. The highest BCUT2D eigenvalue weighted by Crippen LogP contribution is 2.20. The number of quaternary nitrogens is 2. The monoisotopic (exact) mass is 567 g/mol. The molecule has 0 N–H and O–H groups in total. The average Bonchev–Trinajstić information content (AvgIpc) is 2.92. The molecule has 0 bridgehead atoms. The SMILES string of the molecule is CCCCCCCCCCCC(C)[N+](C)(C)CCCCCCCC[N+](C)(C)C(C)CCCCCCCCCCC. The third-order valence-electron chi connectivity index (χ3n) is 10.6. The summed E-state index contributed by atoms with van der Waals surface area (Å²) in [5, 5.41) is 0. The molecule has 0 saturated carbocycles. The van der Waals surface area contributed by atoms with Gasteiger partial charge in [-0.05, 0) is 65.2 Å². The van der Waals surface area contributed by atoms with Gasteiger partial charge in [0.25, 0.3) is 0 Å². The molecule has 0 aromatic heterocycles. The molecular weight excluding hydrogens is 484 g/mol. The number of hydrogen-bond donors (Lipinski definition) is 0. The number of nitrogens with zero attached hydrogens (tertiary/aromatic N) is 2. The van der Waals surface area contributed by atoms with E-state index < -0.39 is 0 Å². The predicted molar refractivity (Wildman–Crippen MR) is 184 cm³/mol. The van der Waals surface area contributed by atoms with Gasteiger partial charge in [-0.15, -0.1) is 0 Å². The molecule has 0 rings (SSSR count). The summed E-state index contributed by atoms with van der Waals surface area (Å²) >= 11 is 0. The Morgan fingerprint density at radius 1 is 0.325 bits per heavy atom. The molecule has 0 spiro atoms. The summed E-state index contributed by atoms with van der Waals surface area (Å²) in [4.78, 5) is 0. The zero-order valence-corrected chi connectivity index (χ0v) is 29.8. The molecule has 242 valence electrons. The van der Waals surface area contributed by atoms with Crippen LogP contribution in [0.2, 0.25) is 0 Å². The van der Waals surface area contributed by atoms with E-state index in [0.717, 1.165) is 12.1 Å². The standard InChI is InChI=1S/C38H82N2/c1-9-11-13-15-17-19-21-25-29-33-37(3)39(5,6)35-31-27-23-24-28-32-36-40(7,8)38(4)34-30-26-22-20-18-16-14-12-10-2/h37-38H,9-36H2,1-8H3/q+2. The molecule has 0 aromatic rings. The van der Waals surface area contributed by atoms with Crippen LogP contribution < -0.4 is 0 Å². The van der Waals surface area contributed by atoms with E-state index in [4.69, 9.17) is 0 Å². The zero-order valence-electron chi connectivity index (χ0n) is 29.8. The maximum Gasteiger partial charge on any atom is 0.0857 e. The minimum atomic E-state index is 0.807. The first-order valence-electron chi connectivity index (χ1n) is 18.8. The summed E-state index contributed by atoms with van der Waals surface area (Å²) in [6.45, 7) is 12.3. The highest BCUT2D eigenvalue weighted by Gasteiger charge is 2.24. The maximum absolute atomic E-state index is 2.50. The van der Waals surface area contributed by atoms with Crippen LogP contribution in [0.3, 0.4) is 0 Å². The van der Waals surface area contributed by atoms with Crippen LogP contribution in [-0.4, -0.2) is 62.3 Å². The Morgan fingerprint density at radius 2 is 0.550 bits per heavy atom. The van der Waals surface area contributed by atoms with Crippen molar-refractivity contribution >= 4 is 0 Å². The minimum absolute atomic E-state index is 0.807. The number of unbranched alkanes of at least 4 members (excludes halogenated alkanes) is 21. The molecule has 2 heteroatoms. The zero-order chi connectivity index (χ0) is 30.0. The molecule has 0 aromatic carbocycles. The Labute approximate surface area is 256 Å². The lowest BCUT2D eigenvalue weighted by Gasteiger charge is -2.36. The largest absolute Gasteiger partial charge is 0.326 e. The summed E-state index contributed by atoms with van der Waals surface area (Å²) in [7, 11) is 9.92. The fraction of sp³-hybridized carbons (Fsp3) is 1.00. The average molecular weight is 567 g/mol. The molecule has 0 fully saturated rings. The van der Waals surface area contributed by atoms with Gasteiger partial charge in [0.2, 0.25) is 0 Å². The van der Waals surface area contributed by atoms with Crippen LogP contribution in [0.4, 0.5) is 0 Å². The van der Waals surface area contributed by atoms with Gasteiger partial charge in [0.1, 0.15) is 0 Å². The third kappa shape index (κ3) is 23.5. The Morgan fingerprint density at radius 3 is 0.825 bits per heavy atom. The normalized spacial score (nSPS) is 14.1. The lowest BCUT2D eigenvalue weighted by atomic mass is 10.0. The molecule has 40 heavy (non-hydrogen) atoms. The van der Waals surface area contributed by atoms with Crippen molar-refractivity contribution in [2.45, 2.75) is 207 Å². The van der Waals surface area contributed by atoms with E-state index in [9.17, 15) is 0 Å². The van der Waals surface area contributed by atoms with Crippen molar-refractivity contribution in [1.29, 1.82) is 0 Å². The van der Waals surface area contributed by atoms with Gasteiger partial charge < -0.3 is 8.97 Å². The van der Waals surface area contributed by atoms with Gasteiger partial charge in [-0.25, -0.2) is 0 Å². The van der Waals surface area contributed by atoms with Gasteiger partial charge in [0, 0.05) is 0 Å². The summed E-state index contributed by atoms with van der Waals surface area (Å²) in [5.74, 6) is 0. The van der Waals surface area contributed by atoms with Gasteiger partial charge in [-0.1, -0.05) is 129 Å². The smallest absolute Gasteiger partial charge is 0.0857 e. The molecule has 0 aliphatic heterocycles. The van der Waals surface area contributed by atoms with Gasteiger partial charge in [-0.2, -0.15) is 0 Å². The van der Waals surface area contributed by atoms with Gasteiger partial charge >= 0.3 is 0 Å². The van der Waals surface area contributed by atoms with Crippen LogP contribution in [0, 0.1) is 0 Å². The Kier molecular flexibility index (Phi) is 26.5. The molecule has 0 amide bonds. The number of rotatable bonds is 31. The third-order valence-corrected chi connectivity index (χ3v) is 10.6. The second-order valence-corrected chi connectivity index (χ2v) is 15.1. The van der Waals surface area contributed by atoms with Crippen molar-refractivity contribution in [3.8, 4) is 0 Å². The fourth-order valence-corrected chi connectivity index (χ4v) is 6.39. The summed E-state index contributed by atoms with van der Waals surface area (Å²) < 4.78 is 2.44. The Bertz CT molecular complexity index is 466. The highest BCUT2D eigenvalue weighted by molar-refractivity contribution is 4.57. The van der Waals surface area contributed by atoms with Crippen molar-refractivity contribution in [3.05, 3.63) is 0 Å². The van der Waals surface area contributed by atoms with E-state index in [1.807, 2.05) is 0 Å². The van der Waals surface area contributed by atoms with Gasteiger partial charge in [-0.3, -0.25) is 0 Å². The van der Waals surface area contributed by atoms with Crippen LogP contribution in [0.15, 0.2) is 0 Å². The molecule has 0 saturated heterocycles. The predicted octanol–water partition coefficient (Wildman–Crippen LogP) is 12.1. The van der Waals surface area contributed by atoms with Crippen LogP contribution >= 0.6 is 0 Å². The topological polar surface area (TPSA) is 0 Å². The van der Waals surface area contributed by atoms with E-state index in [0.29, 0.717) is 0 Å². The van der Waals surface area contributed by atoms with E-state index in [1.165, 1.54) is 189 Å². The Hall–Kier alpha value is -0.0800. The van der Waals surface area contributed by atoms with Crippen molar-refractivity contribution in [3.63, 3.8) is 0 Å². The van der Waals surface area contributed by atoms with Crippen LogP contribution in [0.25, 0.3) is 0 Å². The molecule has 0 aliphatic rings. The molecule has 2 unspecified atom stereocenters. The molecule has 2 atom stereocenters. The van der Waals surface area contributed by atoms with E-state index in [2.05, 4.69) is 55.9 Å². The van der Waals surface area contributed by atoms with E-state index in [1.54, 1.807) is 0 Å². The van der Waals surface area contributed by atoms with E-state index >= 15 is 0 Å². The second-order valence-electron chi connectivity index (χ2n) is 15.1. The summed E-state index contributed by atoms with van der Waals surface area (Å²) in [6, 6.07) is 1.61. The number of hydrogen-bond acceptors (Lipinski definition) is 0. The molecular formula is C38H82N2+2. The second kappa shape index (κ2) is 26.5. The fourth-order valence-electron chi connectivity index (χ4n) is 6.39. The first-order chi connectivity index (χ1) is 19.2. The highest BCUT2D eigenvalue weighted by atomic mass is 15.3. The lowest BCUT2D eigenvalue weighted by molar-refractivity contribution is -0.913. The summed E-state index contributed by atoms with van der Waals surface area (Å²) in [5.41, 5.74) is 0. The van der Waals surface area contributed by atoms with Crippen LogP contribution in [-0.2, 0) is 0 Å². The van der Waals surface area contributed by atoms with Crippen molar-refractivity contribution in [1.82, 2.24) is 0 Å². The van der Waals surface area contributed by atoms with Crippen molar-refractivity contribution in [2.24, 2.45) is 0 Å². The van der Waals surface area contributed by atoms with Crippen LogP contribution in [0.1, 0.15) is 195 Å². The Balaban J connectivity index is 3.72. The van der Waals surface area contributed by atoms with Gasteiger partial charge in [0.15, 0.2) is 0 Å². The van der Waals surface area contributed by atoms with Crippen molar-refractivity contribution < 1.29 is 8.97 Å². The van der Waals surface area contributed by atoms with E-state index in [-0.39, 0.29) is 0 Å². The molecule has 0 heterocycles. The van der Waals surface area contributed by atoms with Crippen molar-refractivity contribution in [2.75, 3.05) is 41.3 Å². The maximum atomic E-state index is 2.50. The quantitative estimate of drug-likeness (QED) is 0.0578. The minimum Gasteiger partial charge on any atom is -0.326 e.